The van der Waals surface area contributed by atoms with Gasteiger partial charge in [-0.3, -0.25) is 0 Å². The number of halogens is 1. The molecule has 0 saturated carbocycles. The van der Waals surface area contributed by atoms with E-state index in [2.05, 4.69) is 34.9 Å². The average molecular weight is 278 g/mol. The molecule has 0 aliphatic carbocycles. The number of nitrogens with one attached hydrogen (secondary N) is 1. The molecule has 1 aromatic carbocycles. The van der Waals surface area contributed by atoms with E-state index in [1.165, 1.54) is 12.0 Å². The minimum atomic E-state index is 0.716. The van der Waals surface area contributed by atoms with Gasteiger partial charge < -0.3 is 9.88 Å². The third kappa shape index (κ3) is 3.51. The van der Waals surface area contributed by atoms with Crippen molar-refractivity contribution in [1.29, 1.82) is 0 Å². The van der Waals surface area contributed by atoms with Crippen molar-refractivity contribution in [2.75, 3.05) is 5.32 Å². The van der Waals surface area contributed by atoms with Crippen molar-refractivity contribution in [1.82, 2.24) is 9.55 Å². The molecule has 102 valence electrons. The van der Waals surface area contributed by atoms with Gasteiger partial charge in [0.15, 0.2) is 0 Å². The van der Waals surface area contributed by atoms with Crippen LogP contribution in [0.1, 0.15) is 31.0 Å². The van der Waals surface area contributed by atoms with Crippen LogP contribution in [0.3, 0.4) is 0 Å². The third-order valence-corrected chi connectivity index (χ3v) is 3.35. The molecule has 1 N–H and O–H groups in total. The predicted octanol–water partition coefficient (Wildman–Crippen LogP) is 4.70. The lowest BCUT2D eigenvalue weighted by Crippen LogP contribution is -2.03. The molecule has 0 aliphatic heterocycles. The van der Waals surface area contributed by atoms with Crippen LogP contribution in [0.2, 0.25) is 5.02 Å². The molecule has 0 aliphatic rings. The lowest BCUT2D eigenvalue weighted by atomic mass is 10.2. The maximum absolute atomic E-state index is 6.21. The zero-order valence-corrected chi connectivity index (χ0v) is 12.5. The van der Waals surface area contributed by atoms with Gasteiger partial charge in [-0.05, 0) is 38.0 Å². The maximum Gasteiger partial charge on any atom is 0.207 e. The van der Waals surface area contributed by atoms with Gasteiger partial charge in [0.05, 0.1) is 16.4 Å². The number of rotatable bonds is 5. The van der Waals surface area contributed by atoms with E-state index in [0.29, 0.717) is 5.02 Å². The lowest BCUT2D eigenvalue weighted by molar-refractivity contribution is 0.637. The molecule has 0 unspecified atom stereocenters. The van der Waals surface area contributed by atoms with Gasteiger partial charge in [0.25, 0.3) is 0 Å². The van der Waals surface area contributed by atoms with Crippen LogP contribution in [0.15, 0.2) is 24.4 Å². The Labute approximate surface area is 119 Å². The number of benzene rings is 1. The highest BCUT2D eigenvalue weighted by atomic mass is 35.5. The van der Waals surface area contributed by atoms with Crippen LogP contribution >= 0.6 is 11.6 Å². The van der Waals surface area contributed by atoms with Gasteiger partial charge in [0.2, 0.25) is 5.95 Å². The summed E-state index contributed by atoms with van der Waals surface area (Å²) in [5.74, 6) is 0.860. The number of hydrogen-bond acceptors (Lipinski definition) is 2. The molecule has 2 rings (SSSR count). The molecule has 3 nitrogen and oxygen atoms in total. The second kappa shape index (κ2) is 6.11. The second-order valence-electron chi connectivity index (χ2n) is 4.86. The summed E-state index contributed by atoms with van der Waals surface area (Å²) >= 11 is 6.21. The van der Waals surface area contributed by atoms with E-state index in [1.54, 1.807) is 0 Å². The summed E-state index contributed by atoms with van der Waals surface area (Å²) in [6.45, 7) is 7.22. The Kier molecular flexibility index (Phi) is 4.48. The highest BCUT2D eigenvalue weighted by Gasteiger charge is 2.08. The number of imidazole rings is 1. The third-order valence-electron chi connectivity index (χ3n) is 3.02. The fourth-order valence-corrected chi connectivity index (χ4v) is 2.17. The quantitative estimate of drug-likeness (QED) is 0.859. The Morgan fingerprint density at radius 1 is 1.32 bits per heavy atom. The second-order valence-corrected chi connectivity index (χ2v) is 5.27. The normalized spacial score (nSPS) is 10.7. The summed E-state index contributed by atoms with van der Waals surface area (Å²) in [5, 5.41) is 4.05. The molecular formula is C15H20ClN3. The molecule has 0 amide bonds. The summed E-state index contributed by atoms with van der Waals surface area (Å²) in [4.78, 5) is 4.52. The first-order chi connectivity index (χ1) is 9.10. The summed E-state index contributed by atoms with van der Waals surface area (Å²) in [6, 6.07) is 5.95. The van der Waals surface area contributed by atoms with Crippen molar-refractivity contribution in [3.05, 3.63) is 40.7 Å². The van der Waals surface area contributed by atoms with Gasteiger partial charge in [0, 0.05) is 12.7 Å². The minimum absolute atomic E-state index is 0.716. The molecule has 4 heteroatoms. The zero-order valence-electron chi connectivity index (χ0n) is 11.7. The first-order valence-electron chi connectivity index (χ1n) is 6.67. The first kappa shape index (κ1) is 13.9. The lowest BCUT2D eigenvalue weighted by Gasteiger charge is -2.11. The predicted molar refractivity (Wildman–Crippen MR) is 81.3 cm³/mol. The van der Waals surface area contributed by atoms with Gasteiger partial charge in [0.1, 0.15) is 0 Å². The van der Waals surface area contributed by atoms with E-state index in [1.807, 2.05) is 25.1 Å². The monoisotopic (exact) mass is 277 g/mol. The van der Waals surface area contributed by atoms with Gasteiger partial charge in [-0.1, -0.05) is 31.0 Å². The standard InChI is InChI=1S/C15H20ClN3/c1-4-5-8-19-10-12(3)17-15(19)18-14-9-11(2)6-7-13(14)16/h6-7,9-10H,4-5,8H2,1-3H3,(H,17,18). The Balaban J connectivity index is 2.24. The molecule has 0 fully saturated rings. The SMILES string of the molecule is CCCCn1cc(C)nc1Nc1cc(C)ccc1Cl. The number of unbranched alkanes of at least 4 members (excludes halogenated alkanes) is 1. The van der Waals surface area contributed by atoms with E-state index >= 15 is 0 Å². The van der Waals surface area contributed by atoms with Crippen LogP contribution in [0, 0.1) is 13.8 Å². The molecular weight excluding hydrogens is 258 g/mol. The van der Waals surface area contributed by atoms with Crippen LogP contribution in [0.25, 0.3) is 0 Å². The molecule has 0 atom stereocenters. The van der Waals surface area contributed by atoms with Crippen molar-refractivity contribution in [3.8, 4) is 0 Å². The average Bonchev–Trinajstić information content (AvgIpc) is 2.71. The van der Waals surface area contributed by atoms with Crippen molar-refractivity contribution in [2.45, 2.75) is 40.2 Å². The maximum atomic E-state index is 6.21. The number of aromatic nitrogens is 2. The van der Waals surface area contributed by atoms with E-state index in [4.69, 9.17) is 11.6 Å². The molecule has 0 radical (unpaired) electrons. The van der Waals surface area contributed by atoms with Gasteiger partial charge in [-0.15, -0.1) is 0 Å². The van der Waals surface area contributed by atoms with E-state index in [-0.39, 0.29) is 0 Å². The summed E-state index contributed by atoms with van der Waals surface area (Å²) in [7, 11) is 0. The summed E-state index contributed by atoms with van der Waals surface area (Å²) < 4.78 is 2.15. The number of hydrogen-bond donors (Lipinski definition) is 1. The van der Waals surface area contributed by atoms with Crippen molar-refractivity contribution >= 4 is 23.2 Å². The molecule has 0 bridgehead atoms. The molecule has 2 aromatic rings. The molecule has 1 heterocycles. The fourth-order valence-electron chi connectivity index (χ4n) is 2.00. The van der Waals surface area contributed by atoms with Gasteiger partial charge in [-0.25, -0.2) is 4.98 Å². The fraction of sp³-hybridized carbons (Fsp3) is 0.400. The molecule has 1 aromatic heterocycles. The smallest absolute Gasteiger partial charge is 0.207 e. The zero-order chi connectivity index (χ0) is 13.8. The Bertz CT molecular complexity index is 561. The van der Waals surface area contributed by atoms with Crippen molar-refractivity contribution in [3.63, 3.8) is 0 Å². The van der Waals surface area contributed by atoms with Crippen LogP contribution in [0.5, 0.6) is 0 Å². The summed E-state index contributed by atoms with van der Waals surface area (Å²) in [6.07, 6.45) is 4.38. The minimum Gasteiger partial charge on any atom is -0.324 e. The van der Waals surface area contributed by atoms with Gasteiger partial charge in [-0.2, -0.15) is 0 Å². The Morgan fingerprint density at radius 3 is 2.84 bits per heavy atom. The van der Waals surface area contributed by atoms with E-state index < -0.39 is 0 Å². The van der Waals surface area contributed by atoms with Gasteiger partial charge >= 0.3 is 0 Å². The van der Waals surface area contributed by atoms with Crippen molar-refractivity contribution in [2.24, 2.45) is 0 Å². The molecule has 0 spiro atoms. The van der Waals surface area contributed by atoms with Crippen molar-refractivity contribution < 1.29 is 0 Å². The summed E-state index contributed by atoms with van der Waals surface area (Å²) in [5.41, 5.74) is 3.10. The first-order valence-corrected chi connectivity index (χ1v) is 7.05. The Hall–Kier alpha value is -1.48. The Morgan fingerprint density at radius 2 is 2.11 bits per heavy atom. The van der Waals surface area contributed by atoms with Crippen LogP contribution in [-0.2, 0) is 6.54 Å². The number of anilines is 2. The van der Waals surface area contributed by atoms with E-state index in [9.17, 15) is 0 Å². The largest absolute Gasteiger partial charge is 0.324 e. The number of aryl methyl sites for hydroxylation is 3. The van der Waals surface area contributed by atoms with E-state index in [0.717, 1.165) is 30.3 Å². The highest BCUT2D eigenvalue weighted by Crippen LogP contribution is 2.26. The number of nitrogens with zero attached hydrogens (tertiary/aromatic N) is 2. The van der Waals surface area contributed by atoms with Crippen LogP contribution in [-0.4, -0.2) is 9.55 Å². The van der Waals surface area contributed by atoms with Crippen LogP contribution < -0.4 is 5.32 Å². The van der Waals surface area contributed by atoms with Crippen LogP contribution in [0.4, 0.5) is 11.6 Å². The highest BCUT2D eigenvalue weighted by molar-refractivity contribution is 6.33. The molecule has 0 saturated heterocycles. The molecule has 19 heavy (non-hydrogen) atoms. The topological polar surface area (TPSA) is 29.9 Å².